The van der Waals surface area contributed by atoms with Gasteiger partial charge >= 0.3 is 0 Å². The first-order valence-electron chi connectivity index (χ1n) is 5.22. The molecular formula is C14H10Cl2OS. The van der Waals surface area contributed by atoms with Gasteiger partial charge in [0.1, 0.15) is 5.75 Å². The highest BCUT2D eigenvalue weighted by molar-refractivity contribution is 8.02. The molecule has 0 atom stereocenters. The maximum absolute atomic E-state index is 9.64. The topological polar surface area (TPSA) is 20.2 Å². The van der Waals surface area contributed by atoms with Crippen molar-refractivity contribution in [3.05, 3.63) is 63.5 Å². The molecule has 1 N–H and O–H groups in total. The van der Waals surface area contributed by atoms with Crippen LogP contribution < -0.4 is 0 Å². The molecule has 0 aromatic heterocycles. The number of thioether (sulfide) groups is 1. The molecule has 0 bridgehead atoms. The Morgan fingerprint density at radius 1 is 0.944 bits per heavy atom. The second kappa shape index (κ2) is 6.19. The van der Waals surface area contributed by atoms with Crippen LogP contribution in [0.4, 0.5) is 0 Å². The lowest BCUT2D eigenvalue weighted by Gasteiger charge is -2.01. The van der Waals surface area contributed by atoms with Crippen LogP contribution in [0.5, 0.6) is 5.75 Å². The summed E-state index contributed by atoms with van der Waals surface area (Å²) in [5.74, 6) is 0.227. The Bertz CT molecular complexity index is 565. The van der Waals surface area contributed by atoms with Gasteiger partial charge in [-0.2, -0.15) is 0 Å². The number of halogens is 2. The lowest BCUT2D eigenvalue weighted by atomic mass is 10.2. The Hall–Kier alpha value is -1.09. The summed E-state index contributed by atoms with van der Waals surface area (Å²) in [6.45, 7) is 0. The van der Waals surface area contributed by atoms with E-state index < -0.39 is 0 Å². The van der Waals surface area contributed by atoms with Gasteiger partial charge in [-0.05, 0) is 47.4 Å². The van der Waals surface area contributed by atoms with Crippen molar-refractivity contribution in [3.8, 4) is 5.75 Å². The molecule has 1 nitrogen and oxygen atoms in total. The summed E-state index contributed by atoms with van der Waals surface area (Å²) in [7, 11) is 0. The molecule has 92 valence electrons. The third-order valence-corrected chi connectivity index (χ3v) is 3.59. The fraction of sp³-hybridized carbons (Fsp3) is 0. The molecule has 18 heavy (non-hydrogen) atoms. The predicted molar refractivity (Wildman–Crippen MR) is 79.5 cm³/mol. The van der Waals surface area contributed by atoms with Crippen LogP contribution in [-0.2, 0) is 0 Å². The molecule has 0 amide bonds. The summed E-state index contributed by atoms with van der Waals surface area (Å²) >= 11 is 13.1. The molecule has 4 heteroatoms. The van der Waals surface area contributed by atoms with Crippen LogP contribution >= 0.6 is 35.0 Å². The van der Waals surface area contributed by atoms with Crippen LogP contribution in [0.1, 0.15) is 5.56 Å². The summed E-state index contributed by atoms with van der Waals surface area (Å²) < 4.78 is 0. The van der Waals surface area contributed by atoms with E-state index in [2.05, 4.69) is 0 Å². The van der Waals surface area contributed by atoms with Crippen molar-refractivity contribution in [3.63, 3.8) is 0 Å². The van der Waals surface area contributed by atoms with E-state index in [4.69, 9.17) is 23.2 Å². The molecule has 0 aliphatic carbocycles. The number of phenolic OH excluding ortho intramolecular Hbond substituents is 1. The Balaban J connectivity index is 2.07. The van der Waals surface area contributed by atoms with E-state index in [-0.39, 0.29) is 5.75 Å². The predicted octanol–water partition coefficient (Wildman–Crippen LogP) is 5.46. The smallest absolute Gasteiger partial charge is 0.129 e. The minimum absolute atomic E-state index is 0.227. The van der Waals surface area contributed by atoms with Gasteiger partial charge in [0.25, 0.3) is 0 Å². The zero-order valence-electron chi connectivity index (χ0n) is 9.31. The molecule has 0 aliphatic rings. The van der Waals surface area contributed by atoms with Gasteiger partial charge in [-0.3, -0.25) is 0 Å². The summed E-state index contributed by atoms with van der Waals surface area (Å²) in [4.78, 5) is 0.729. The monoisotopic (exact) mass is 296 g/mol. The summed E-state index contributed by atoms with van der Waals surface area (Å²) in [6.07, 6.45) is 1.95. The second-order valence-corrected chi connectivity index (χ2v) is 5.40. The van der Waals surface area contributed by atoms with Crippen molar-refractivity contribution in [1.29, 1.82) is 0 Å². The van der Waals surface area contributed by atoms with E-state index in [1.165, 1.54) is 11.8 Å². The quantitative estimate of drug-likeness (QED) is 0.759. The lowest BCUT2D eigenvalue weighted by Crippen LogP contribution is -1.73. The largest absolute Gasteiger partial charge is 0.507 e. The van der Waals surface area contributed by atoms with Crippen molar-refractivity contribution in [2.24, 2.45) is 0 Å². The minimum atomic E-state index is 0.227. The van der Waals surface area contributed by atoms with Gasteiger partial charge < -0.3 is 5.11 Å². The Kier molecular flexibility index (Phi) is 4.59. The highest BCUT2D eigenvalue weighted by Crippen LogP contribution is 2.32. The van der Waals surface area contributed by atoms with Crippen molar-refractivity contribution in [1.82, 2.24) is 0 Å². The van der Waals surface area contributed by atoms with E-state index in [1.807, 2.05) is 35.7 Å². The van der Waals surface area contributed by atoms with Crippen LogP contribution in [0, 0.1) is 0 Å². The van der Waals surface area contributed by atoms with Gasteiger partial charge in [-0.15, -0.1) is 0 Å². The number of benzene rings is 2. The zero-order valence-corrected chi connectivity index (χ0v) is 11.6. The molecule has 0 aliphatic heterocycles. The first kappa shape index (κ1) is 13.3. The highest BCUT2D eigenvalue weighted by Gasteiger charge is 2.00. The van der Waals surface area contributed by atoms with E-state index in [9.17, 15) is 5.11 Å². The normalized spacial score (nSPS) is 11.0. The summed E-state index contributed by atoms with van der Waals surface area (Å²) in [5, 5.41) is 12.9. The van der Waals surface area contributed by atoms with Gasteiger partial charge in [-0.1, -0.05) is 47.1 Å². The molecule has 0 saturated heterocycles. The van der Waals surface area contributed by atoms with Crippen LogP contribution in [0.15, 0.2) is 52.8 Å². The molecular weight excluding hydrogens is 287 g/mol. The third kappa shape index (κ3) is 3.70. The van der Waals surface area contributed by atoms with Crippen molar-refractivity contribution >= 4 is 41.0 Å². The molecule has 0 fully saturated rings. The maximum Gasteiger partial charge on any atom is 0.129 e. The average molecular weight is 297 g/mol. The van der Waals surface area contributed by atoms with E-state index in [1.54, 1.807) is 18.2 Å². The van der Waals surface area contributed by atoms with Crippen LogP contribution in [-0.4, -0.2) is 5.11 Å². The van der Waals surface area contributed by atoms with Crippen molar-refractivity contribution in [2.75, 3.05) is 0 Å². The van der Waals surface area contributed by atoms with Crippen LogP contribution in [0.25, 0.3) is 6.08 Å². The lowest BCUT2D eigenvalue weighted by molar-refractivity contribution is 0.462. The van der Waals surface area contributed by atoms with Gasteiger partial charge in [0, 0.05) is 10.0 Å². The molecule has 2 rings (SSSR count). The van der Waals surface area contributed by atoms with Crippen molar-refractivity contribution in [2.45, 2.75) is 4.90 Å². The molecule has 0 saturated carbocycles. The van der Waals surface area contributed by atoms with E-state index in [0.29, 0.717) is 10.0 Å². The molecule has 2 aromatic rings. The first-order valence-corrected chi connectivity index (χ1v) is 6.86. The Morgan fingerprint density at radius 2 is 1.61 bits per heavy atom. The second-order valence-electron chi connectivity index (χ2n) is 3.58. The standard InChI is InChI=1S/C14H10Cl2OS/c15-11-3-1-10(2-4-11)7-8-18-14-9-12(16)5-6-13(14)17/h1-9,17H/b8-7+. The minimum Gasteiger partial charge on any atom is -0.507 e. The molecule has 0 heterocycles. The SMILES string of the molecule is Oc1ccc(Cl)cc1S/C=C/c1ccc(Cl)cc1. The number of hydrogen-bond acceptors (Lipinski definition) is 2. The molecule has 0 radical (unpaired) electrons. The summed E-state index contributed by atoms with van der Waals surface area (Å²) in [6, 6.07) is 12.5. The third-order valence-electron chi connectivity index (χ3n) is 2.25. The van der Waals surface area contributed by atoms with Gasteiger partial charge in [0.15, 0.2) is 0 Å². The zero-order chi connectivity index (χ0) is 13.0. The van der Waals surface area contributed by atoms with Crippen molar-refractivity contribution < 1.29 is 5.11 Å². The number of phenols is 1. The average Bonchev–Trinajstić information content (AvgIpc) is 2.36. The van der Waals surface area contributed by atoms with Crippen LogP contribution in [0.3, 0.4) is 0 Å². The molecule has 0 spiro atoms. The van der Waals surface area contributed by atoms with Gasteiger partial charge in [0.2, 0.25) is 0 Å². The maximum atomic E-state index is 9.64. The molecule has 0 unspecified atom stereocenters. The van der Waals surface area contributed by atoms with E-state index >= 15 is 0 Å². The molecule has 2 aromatic carbocycles. The number of rotatable bonds is 3. The van der Waals surface area contributed by atoms with E-state index in [0.717, 1.165) is 10.5 Å². The van der Waals surface area contributed by atoms with Gasteiger partial charge in [-0.25, -0.2) is 0 Å². The first-order chi connectivity index (χ1) is 8.65. The fourth-order valence-corrected chi connectivity index (χ4v) is 2.46. The summed E-state index contributed by atoms with van der Waals surface area (Å²) in [5.41, 5.74) is 1.05. The van der Waals surface area contributed by atoms with Gasteiger partial charge in [0.05, 0.1) is 4.90 Å². The highest BCUT2D eigenvalue weighted by atomic mass is 35.5. The number of aromatic hydroxyl groups is 1. The van der Waals surface area contributed by atoms with Crippen LogP contribution in [0.2, 0.25) is 10.0 Å². The Morgan fingerprint density at radius 3 is 2.33 bits per heavy atom. The number of hydrogen-bond donors (Lipinski definition) is 1. The fourth-order valence-electron chi connectivity index (χ4n) is 1.34. The Labute approximate surface area is 120 Å².